The molecule has 0 unspecified atom stereocenters. The number of aryl methyl sites for hydroxylation is 1. The molecule has 2 N–H and O–H groups in total. The van der Waals surface area contributed by atoms with E-state index in [4.69, 9.17) is 10.5 Å². The van der Waals surface area contributed by atoms with Gasteiger partial charge in [0.2, 0.25) is 5.78 Å². The van der Waals surface area contributed by atoms with Gasteiger partial charge in [-0.2, -0.15) is 0 Å². The third-order valence-corrected chi connectivity index (χ3v) is 5.55. The highest BCUT2D eigenvalue weighted by atomic mass is 32.1. The van der Waals surface area contributed by atoms with Crippen LogP contribution in [0.4, 0.5) is 5.69 Å². The number of hydrogen-bond acceptors (Lipinski definition) is 5. The fourth-order valence-corrected chi connectivity index (χ4v) is 4.22. The van der Waals surface area contributed by atoms with Crippen LogP contribution >= 0.6 is 11.3 Å². The first-order chi connectivity index (χ1) is 13.6. The molecule has 0 aliphatic carbocycles. The summed E-state index contributed by atoms with van der Waals surface area (Å²) in [5.41, 5.74) is 9.09. The van der Waals surface area contributed by atoms with Crippen molar-refractivity contribution in [1.82, 2.24) is 0 Å². The largest absolute Gasteiger partial charge is 0.466 e. The molecule has 0 aliphatic rings. The van der Waals surface area contributed by atoms with E-state index in [1.807, 2.05) is 36.4 Å². The summed E-state index contributed by atoms with van der Waals surface area (Å²) in [6, 6.07) is 19.0. The zero-order chi connectivity index (χ0) is 19.9. The summed E-state index contributed by atoms with van der Waals surface area (Å²) in [6.45, 7) is 2.20. The molecule has 2 aromatic carbocycles. The molecule has 0 amide bonds. The van der Waals surface area contributed by atoms with Crippen molar-refractivity contribution < 1.29 is 14.3 Å². The number of nitrogen functional groups attached to an aromatic ring is 1. The molecule has 3 aromatic rings. The number of nitrogens with two attached hydrogens (primary N) is 1. The van der Waals surface area contributed by atoms with Crippen LogP contribution in [-0.4, -0.2) is 18.4 Å². The Balaban J connectivity index is 1.87. The van der Waals surface area contributed by atoms with E-state index in [0.717, 1.165) is 22.4 Å². The van der Waals surface area contributed by atoms with Crippen molar-refractivity contribution in [3.63, 3.8) is 0 Å². The van der Waals surface area contributed by atoms with Gasteiger partial charge in [-0.05, 0) is 49.1 Å². The van der Waals surface area contributed by atoms with Gasteiger partial charge in [-0.25, -0.2) is 0 Å². The minimum absolute atomic E-state index is 0.0360. The second kappa shape index (κ2) is 9.33. The van der Waals surface area contributed by atoms with E-state index < -0.39 is 0 Å². The lowest BCUT2D eigenvalue weighted by atomic mass is 10.0. The van der Waals surface area contributed by atoms with E-state index in [9.17, 15) is 9.59 Å². The average molecular weight is 394 g/mol. The van der Waals surface area contributed by atoms with E-state index in [1.54, 1.807) is 31.2 Å². The molecule has 0 fully saturated rings. The second-order valence-corrected chi connectivity index (χ2v) is 7.56. The SMILES string of the molecule is CCOC(=O)CCCc1sc(C(=O)c2cccc(N)c2)cc1-c1ccccc1. The number of ketones is 1. The molecule has 0 saturated heterocycles. The molecular formula is C23H23NO3S. The number of ether oxygens (including phenoxy) is 1. The van der Waals surface area contributed by atoms with Gasteiger partial charge in [-0.15, -0.1) is 11.3 Å². The van der Waals surface area contributed by atoms with Crippen LogP contribution in [0.3, 0.4) is 0 Å². The third-order valence-electron chi connectivity index (χ3n) is 4.36. The zero-order valence-corrected chi connectivity index (χ0v) is 16.6. The summed E-state index contributed by atoms with van der Waals surface area (Å²) in [4.78, 5) is 26.4. The van der Waals surface area contributed by atoms with Crippen LogP contribution in [0.5, 0.6) is 0 Å². The molecule has 0 saturated carbocycles. The van der Waals surface area contributed by atoms with Gasteiger partial charge in [0.05, 0.1) is 11.5 Å². The summed E-state index contributed by atoms with van der Waals surface area (Å²) in [7, 11) is 0. The van der Waals surface area contributed by atoms with E-state index in [2.05, 4.69) is 0 Å². The topological polar surface area (TPSA) is 69.4 Å². The molecule has 4 nitrogen and oxygen atoms in total. The van der Waals surface area contributed by atoms with Crippen molar-refractivity contribution >= 4 is 28.8 Å². The van der Waals surface area contributed by atoms with Gasteiger partial charge in [0, 0.05) is 22.5 Å². The number of anilines is 1. The first-order valence-electron chi connectivity index (χ1n) is 9.32. The molecule has 1 heterocycles. The summed E-state index contributed by atoms with van der Waals surface area (Å²) in [5.74, 6) is -0.220. The lowest BCUT2D eigenvalue weighted by molar-refractivity contribution is -0.143. The summed E-state index contributed by atoms with van der Waals surface area (Å²) < 4.78 is 5.01. The van der Waals surface area contributed by atoms with Gasteiger partial charge in [-0.3, -0.25) is 9.59 Å². The maximum Gasteiger partial charge on any atom is 0.305 e. The Morgan fingerprint density at radius 3 is 2.54 bits per heavy atom. The Bertz CT molecular complexity index is 963. The average Bonchev–Trinajstić information content (AvgIpc) is 3.12. The van der Waals surface area contributed by atoms with Crippen molar-refractivity contribution in [2.45, 2.75) is 26.2 Å². The Labute approximate surface area is 169 Å². The molecule has 144 valence electrons. The van der Waals surface area contributed by atoms with Crippen LogP contribution in [0.25, 0.3) is 11.1 Å². The van der Waals surface area contributed by atoms with Crippen molar-refractivity contribution in [1.29, 1.82) is 0 Å². The number of esters is 1. The summed E-state index contributed by atoms with van der Waals surface area (Å²) in [5, 5.41) is 0. The number of hydrogen-bond donors (Lipinski definition) is 1. The molecule has 0 spiro atoms. The Morgan fingerprint density at radius 1 is 1.04 bits per heavy atom. The number of carbonyl (C=O) groups is 2. The molecule has 0 bridgehead atoms. The predicted octanol–water partition coefficient (Wildman–Crippen LogP) is 5.11. The van der Waals surface area contributed by atoms with Crippen molar-refractivity contribution in [2.75, 3.05) is 12.3 Å². The smallest absolute Gasteiger partial charge is 0.305 e. The van der Waals surface area contributed by atoms with Crippen molar-refractivity contribution in [2.24, 2.45) is 0 Å². The standard InChI is InChI=1S/C23H23NO3S/c1-2-27-22(25)13-7-12-20-19(16-8-4-3-5-9-16)15-21(28-20)23(26)17-10-6-11-18(24)14-17/h3-6,8-11,14-15H,2,7,12-13,24H2,1H3. The Morgan fingerprint density at radius 2 is 1.82 bits per heavy atom. The first-order valence-corrected chi connectivity index (χ1v) is 10.1. The van der Waals surface area contributed by atoms with E-state index in [0.29, 0.717) is 35.6 Å². The third kappa shape index (κ3) is 4.87. The van der Waals surface area contributed by atoms with Gasteiger partial charge in [0.1, 0.15) is 0 Å². The summed E-state index contributed by atoms with van der Waals surface area (Å²) >= 11 is 1.49. The minimum atomic E-state index is -0.184. The maximum atomic E-state index is 12.9. The fourth-order valence-electron chi connectivity index (χ4n) is 3.04. The van der Waals surface area contributed by atoms with Gasteiger partial charge >= 0.3 is 5.97 Å². The second-order valence-electron chi connectivity index (χ2n) is 6.43. The number of benzene rings is 2. The minimum Gasteiger partial charge on any atom is -0.466 e. The number of thiophene rings is 1. The highest BCUT2D eigenvalue weighted by molar-refractivity contribution is 7.14. The molecular weight excluding hydrogens is 370 g/mol. The normalized spacial score (nSPS) is 10.6. The fraction of sp³-hybridized carbons (Fsp3) is 0.217. The van der Waals surface area contributed by atoms with Crippen LogP contribution in [0, 0.1) is 0 Å². The molecule has 28 heavy (non-hydrogen) atoms. The Hall–Kier alpha value is -2.92. The van der Waals surface area contributed by atoms with E-state index in [-0.39, 0.29) is 11.8 Å². The van der Waals surface area contributed by atoms with Crippen LogP contribution < -0.4 is 5.73 Å². The van der Waals surface area contributed by atoms with Crippen LogP contribution in [0.1, 0.15) is 39.9 Å². The van der Waals surface area contributed by atoms with Gasteiger partial charge < -0.3 is 10.5 Å². The number of carbonyl (C=O) groups excluding carboxylic acids is 2. The van der Waals surface area contributed by atoms with Crippen LogP contribution in [0.2, 0.25) is 0 Å². The van der Waals surface area contributed by atoms with Gasteiger partial charge in [0.25, 0.3) is 0 Å². The molecule has 5 heteroatoms. The maximum absolute atomic E-state index is 12.9. The molecule has 0 aliphatic heterocycles. The molecule has 3 rings (SSSR count). The summed E-state index contributed by atoms with van der Waals surface area (Å²) in [6.07, 6.45) is 1.78. The van der Waals surface area contributed by atoms with Gasteiger partial charge in [-0.1, -0.05) is 42.5 Å². The highest BCUT2D eigenvalue weighted by Crippen LogP contribution is 2.34. The lowest BCUT2D eigenvalue weighted by Gasteiger charge is -2.04. The molecule has 0 radical (unpaired) electrons. The number of rotatable bonds is 8. The Kier molecular flexibility index (Phi) is 6.61. The lowest BCUT2D eigenvalue weighted by Crippen LogP contribution is -2.03. The predicted molar refractivity (Wildman–Crippen MR) is 114 cm³/mol. The monoisotopic (exact) mass is 393 g/mol. The van der Waals surface area contributed by atoms with Crippen LogP contribution in [-0.2, 0) is 16.0 Å². The molecule has 0 atom stereocenters. The van der Waals surface area contributed by atoms with Crippen molar-refractivity contribution in [3.05, 3.63) is 76.0 Å². The van der Waals surface area contributed by atoms with E-state index in [1.165, 1.54) is 11.3 Å². The quantitative estimate of drug-likeness (QED) is 0.328. The van der Waals surface area contributed by atoms with E-state index >= 15 is 0 Å². The van der Waals surface area contributed by atoms with Crippen LogP contribution in [0.15, 0.2) is 60.7 Å². The van der Waals surface area contributed by atoms with Crippen molar-refractivity contribution in [3.8, 4) is 11.1 Å². The zero-order valence-electron chi connectivity index (χ0n) is 15.8. The molecule has 1 aromatic heterocycles. The van der Waals surface area contributed by atoms with Gasteiger partial charge in [0.15, 0.2) is 0 Å². The highest BCUT2D eigenvalue weighted by Gasteiger charge is 2.18. The first kappa shape index (κ1) is 19.8.